The molecule has 0 fully saturated rings. The zero-order valence-corrected chi connectivity index (χ0v) is 18.1. The van der Waals surface area contributed by atoms with Gasteiger partial charge < -0.3 is 25.2 Å². The smallest absolute Gasteiger partial charge is 0.328 e. The van der Waals surface area contributed by atoms with E-state index < -0.39 is 29.8 Å². The van der Waals surface area contributed by atoms with Gasteiger partial charge in [-0.2, -0.15) is 4.98 Å². The zero-order valence-electron chi connectivity index (χ0n) is 18.1. The molecule has 2 aromatic carbocycles. The van der Waals surface area contributed by atoms with Crippen LogP contribution in [0.2, 0.25) is 0 Å². The van der Waals surface area contributed by atoms with Gasteiger partial charge in [0, 0.05) is 16.9 Å². The predicted molar refractivity (Wildman–Crippen MR) is 117 cm³/mol. The number of amides is 3. The molecule has 0 aliphatic carbocycles. The van der Waals surface area contributed by atoms with Crippen molar-refractivity contribution in [1.29, 1.82) is 0 Å². The Hall–Kier alpha value is -4.28. The van der Waals surface area contributed by atoms with Crippen LogP contribution in [0.15, 0.2) is 53.1 Å². The molecule has 0 saturated heterocycles. The Morgan fingerprint density at radius 2 is 1.55 bits per heavy atom. The average molecular weight is 455 g/mol. The lowest BCUT2D eigenvalue weighted by molar-refractivity contribution is -0.144. The van der Waals surface area contributed by atoms with Crippen molar-refractivity contribution in [3.63, 3.8) is 0 Å². The highest BCUT2D eigenvalue weighted by atomic mass is 19.1. The van der Waals surface area contributed by atoms with Gasteiger partial charge in [-0.15, -0.1) is 0 Å². The van der Waals surface area contributed by atoms with Crippen LogP contribution in [0.25, 0.3) is 11.4 Å². The number of ether oxygens (including phenoxy) is 1. The average Bonchev–Trinajstić information content (AvgIpc) is 3.29. The van der Waals surface area contributed by atoms with Gasteiger partial charge in [0.2, 0.25) is 5.82 Å². The van der Waals surface area contributed by atoms with E-state index in [9.17, 15) is 18.8 Å². The molecule has 33 heavy (non-hydrogen) atoms. The summed E-state index contributed by atoms with van der Waals surface area (Å²) in [4.78, 5) is 40.3. The van der Waals surface area contributed by atoms with Crippen molar-refractivity contribution in [2.75, 3.05) is 17.7 Å². The number of urea groups is 1. The summed E-state index contributed by atoms with van der Waals surface area (Å²) < 4.78 is 22.6. The van der Waals surface area contributed by atoms with Crippen molar-refractivity contribution in [2.24, 2.45) is 5.92 Å². The number of hydrogen-bond acceptors (Lipinski definition) is 7. The summed E-state index contributed by atoms with van der Waals surface area (Å²) in [5.41, 5.74) is 1.46. The fourth-order valence-electron chi connectivity index (χ4n) is 2.79. The number of benzene rings is 2. The third-order valence-corrected chi connectivity index (χ3v) is 4.53. The van der Waals surface area contributed by atoms with E-state index in [0.29, 0.717) is 16.9 Å². The molecule has 11 heteroatoms. The second-order valence-electron chi connectivity index (χ2n) is 7.30. The molecule has 10 nitrogen and oxygen atoms in total. The summed E-state index contributed by atoms with van der Waals surface area (Å²) in [7, 11) is 1.24. The molecule has 1 unspecified atom stereocenters. The molecule has 0 saturated carbocycles. The molecule has 3 aromatic rings. The number of nitrogens with one attached hydrogen (secondary N) is 3. The van der Waals surface area contributed by atoms with Crippen LogP contribution in [-0.4, -0.2) is 41.2 Å². The molecule has 0 spiro atoms. The van der Waals surface area contributed by atoms with Gasteiger partial charge in [-0.25, -0.2) is 14.0 Å². The molecular formula is C22H22FN5O5. The number of hydrogen-bond donors (Lipinski definition) is 3. The molecule has 1 aromatic heterocycles. The number of methoxy groups -OCH3 is 1. The van der Waals surface area contributed by atoms with Crippen molar-refractivity contribution in [3.05, 3.63) is 60.2 Å². The fourth-order valence-corrected chi connectivity index (χ4v) is 2.79. The van der Waals surface area contributed by atoms with Gasteiger partial charge in [-0.05, 0) is 54.4 Å². The topological polar surface area (TPSA) is 135 Å². The molecule has 0 radical (unpaired) electrons. The minimum Gasteiger partial charge on any atom is -0.467 e. The van der Waals surface area contributed by atoms with Crippen LogP contribution in [0.3, 0.4) is 0 Å². The summed E-state index contributed by atoms with van der Waals surface area (Å²) >= 11 is 0. The largest absolute Gasteiger partial charge is 0.467 e. The predicted octanol–water partition coefficient (Wildman–Crippen LogP) is 3.45. The number of nitrogens with zero attached hydrogens (tertiary/aromatic N) is 2. The number of aromatic nitrogens is 2. The second kappa shape index (κ2) is 10.4. The Morgan fingerprint density at radius 3 is 2.09 bits per heavy atom. The van der Waals surface area contributed by atoms with E-state index in [0.717, 1.165) is 0 Å². The molecular weight excluding hydrogens is 433 g/mol. The highest BCUT2D eigenvalue weighted by Gasteiger charge is 2.27. The van der Waals surface area contributed by atoms with Gasteiger partial charge in [0.25, 0.3) is 0 Å². The third-order valence-electron chi connectivity index (χ3n) is 4.53. The Morgan fingerprint density at radius 1 is 0.970 bits per heavy atom. The summed E-state index contributed by atoms with van der Waals surface area (Å²) in [6, 6.07) is 10.5. The summed E-state index contributed by atoms with van der Waals surface area (Å²) in [6.45, 7) is 3.52. The lowest BCUT2D eigenvalue weighted by Crippen LogP contribution is -2.45. The summed E-state index contributed by atoms with van der Waals surface area (Å²) in [6.07, 6.45) is 0. The van der Waals surface area contributed by atoms with Gasteiger partial charge in [0.15, 0.2) is 0 Å². The Labute approximate surface area is 188 Å². The molecule has 3 rings (SSSR count). The van der Waals surface area contributed by atoms with Crippen molar-refractivity contribution < 1.29 is 28.0 Å². The first-order valence-corrected chi connectivity index (χ1v) is 9.93. The first-order chi connectivity index (χ1) is 15.8. The van der Waals surface area contributed by atoms with E-state index in [1.165, 1.54) is 31.4 Å². The zero-order chi connectivity index (χ0) is 24.0. The van der Waals surface area contributed by atoms with Crippen molar-refractivity contribution in [3.8, 4) is 11.4 Å². The van der Waals surface area contributed by atoms with Crippen molar-refractivity contribution in [2.45, 2.75) is 19.9 Å². The van der Waals surface area contributed by atoms with Gasteiger partial charge in [-0.1, -0.05) is 19.0 Å². The maximum absolute atomic E-state index is 12.9. The first-order valence-electron chi connectivity index (χ1n) is 9.93. The normalized spacial score (nSPS) is 11.5. The van der Waals surface area contributed by atoms with Crippen molar-refractivity contribution in [1.82, 2.24) is 15.5 Å². The summed E-state index contributed by atoms with van der Waals surface area (Å²) in [5.74, 6) is -2.04. The van der Waals surface area contributed by atoms with Crippen LogP contribution in [0.5, 0.6) is 0 Å². The van der Waals surface area contributed by atoms with Crippen LogP contribution < -0.4 is 16.0 Å². The Kier molecular flexibility index (Phi) is 7.34. The van der Waals surface area contributed by atoms with E-state index in [2.05, 4.69) is 26.1 Å². The van der Waals surface area contributed by atoms with Gasteiger partial charge >= 0.3 is 23.8 Å². The highest BCUT2D eigenvalue weighted by molar-refractivity contribution is 5.99. The second-order valence-corrected chi connectivity index (χ2v) is 7.30. The minimum atomic E-state index is -0.857. The maximum atomic E-state index is 12.9. The monoisotopic (exact) mass is 455 g/mol. The van der Waals surface area contributed by atoms with E-state index in [4.69, 9.17) is 9.26 Å². The van der Waals surface area contributed by atoms with E-state index in [-0.39, 0.29) is 17.6 Å². The van der Waals surface area contributed by atoms with Gasteiger partial charge in [0.05, 0.1) is 7.11 Å². The van der Waals surface area contributed by atoms with Gasteiger partial charge in [0.1, 0.15) is 11.9 Å². The number of carbonyl (C=O) groups is 3. The molecule has 172 valence electrons. The molecule has 0 bridgehead atoms. The molecule has 1 heterocycles. The first kappa shape index (κ1) is 23.4. The van der Waals surface area contributed by atoms with Crippen LogP contribution in [0.1, 0.15) is 24.5 Å². The Bertz CT molecular complexity index is 1130. The third kappa shape index (κ3) is 6.12. The number of esters is 1. The molecule has 0 aliphatic heterocycles. The summed E-state index contributed by atoms with van der Waals surface area (Å²) in [5, 5.41) is 11.5. The number of rotatable bonds is 7. The van der Waals surface area contributed by atoms with Crippen LogP contribution in [0, 0.1) is 11.7 Å². The molecule has 1 atom stereocenters. The fraction of sp³-hybridized carbons (Fsp3) is 0.227. The minimum absolute atomic E-state index is 0.154. The van der Waals surface area contributed by atoms with Gasteiger partial charge in [-0.3, -0.25) is 4.79 Å². The van der Waals surface area contributed by atoms with Crippen LogP contribution >= 0.6 is 0 Å². The number of carbonyl (C=O) groups excluding carboxylic acids is 3. The number of anilines is 2. The number of halogens is 1. The van der Waals surface area contributed by atoms with E-state index in [1.54, 1.807) is 38.1 Å². The Balaban J connectivity index is 1.62. The van der Waals surface area contributed by atoms with E-state index in [1.807, 2.05) is 0 Å². The standard InChI is InChI=1S/C22H22FN5O5/c1-12(2)17(21(30)32-3)26-19(29)20-27-18(28-33-20)13-4-8-15(9-5-13)24-22(31)25-16-10-6-14(23)7-11-16/h4-12,17H,1-3H3,(H,26,29)(H2,24,25,31). The highest BCUT2D eigenvalue weighted by Crippen LogP contribution is 2.19. The SMILES string of the molecule is COC(=O)C(NC(=O)c1nc(-c2ccc(NC(=O)Nc3ccc(F)cc3)cc2)no1)C(C)C. The van der Waals surface area contributed by atoms with E-state index >= 15 is 0 Å². The molecule has 0 aliphatic rings. The lowest BCUT2D eigenvalue weighted by Gasteiger charge is -2.18. The van der Waals surface area contributed by atoms with Crippen molar-refractivity contribution >= 4 is 29.3 Å². The lowest BCUT2D eigenvalue weighted by atomic mass is 10.0. The molecule has 3 amide bonds. The van der Waals surface area contributed by atoms with Crippen LogP contribution in [-0.2, 0) is 9.53 Å². The molecule has 3 N–H and O–H groups in total. The maximum Gasteiger partial charge on any atom is 0.328 e. The quantitative estimate of drug-likeness (QED) is 0.464. The van der Waals surface area contributed by atoms with Crippen LogP contribution in [0.4, 0.5) is 20.6 Å².